The lowest BCUT2D eigenvalue weighted by Crippen LogP contribution is -2.26. The van der Waals surface area contributed by atoms with Crippen molar-refractivity contribution in [1.29, 1.82) is 0 Å². The van der Waals surface area contributed by atoms with Crippen LogP contribution in [0.1, 0.15) is 58.2 Å². The first-order valence-corrected chi connectivity index (χ1v) is 7.99. The molecule has 0 saturated heterocycles. The molecule has 0 amide bonds. The maximum absolute atomic E-state index is 4.76. The molecule has 1 aliphatic rings. The summed E-state index contributed by atoms with van der Waals surface area (Å²) in [5, 5.41) is 8.27. The van der Waals surface area contributed by atoms with E-state index in [1.54, 1.807) is 0 Å². The summed E-state index contributed by atoms with van der Waals surface area (Å²) in [6, 6.07) is 2.74. The molecule has 3 atom stereocenters. The first kappa shape index (κ1) is 14.6. The van der Waals surface area contributed by atoms with Gasteiger partial charge in [-0.3, -0.25) is 4.68 Å². The summed E-state index contributed by atoms with van der Waals surface area (Å²) in [7, 11) is 0. The zero-order valence-corrected chi connectivity index (χ0v) is 12.7. The average molecular weight is 263 g/mol. The molecule has 1 fully saturated rings. The molecule has 1 aliphatic carbocycles. The Morgan fingerprint density at radius 2 is 2.16 bits per heavy atom. The molecule has 0 bridgehead atoms. The Kier molecular flexibility index (Phi) is 5.44. The molecule has 1 N–H and O–H groups in total. The van der Waals surface area contributed by atoms with Crippen molar-refractivity contribution in [2.75, 3.05) is 13.1 Å². The molecule has 0 spiro atoms. The third-order valence-electron chi connectivity index (χ3n) is 4.65. The number of rotatable bonds is 7. The van der Waals surface area contributed by atoms with Crippen molar-refractivity contribution < 1.29 is 0 Å². The van der Waals surface area contributed by atoms with Crippen LogP contribution in [0.2, 0.25) is 0 Å². The number of aromatic nitrogens is 2. The largest absolute Gasteiger partial charge is 0.317 e. The van der Waals surface area contributed by atoms with Crippen molar-refractivity contribution in [3.8, 4) is 0 Å². The number of nitrogens with one attached hydrogen (secondary N) is 1. The Morgan fingerprint density at radius 1 is 1.37 bits per heavy atom. The second kappa shape index (κ2) is 7.09. The Labute approximate surface area is 117 Å². The molecule has 1 aromatic heterocycles. The SMILES string of the molecule is CCNCC1CCCC1Cc1ccn(C(C)CC)n1. The van der Waals surface area contributed by atoms with Crippen LogP contribution in [0.25, 0.3) is 0 Å². The first-order valence-electron chi connectivity index (χ1n) is 7.99. The van der Waals surface area contributed by atoms with Gasteiger partial charge in [0.1, 0.15) is 0 Å². The number of hydrogen-bond donors (Lipinski definition) is 1. The summed E-state index contributed by atoms with van der Waals surface area (Å²) in [6.07, 6.45) is 8.63. The summed E-state index contributed by atoms with van der Waals surface area (Å²) in [4.78, 5) is 0. The van der Waals surface area contributed by atoms with Gasteiger partial charge in [0.15, 0.2) is 0 Å². The standard InChI is InChI=1S/C16H29N3/c1-4-13(3)19-10-9-16(18-19)11-14-7-6-8-15(14)12-17-5-2/h9-10,13-15,17H,4-8,11-12H2,1-3H3. The highest BCUT2D eigenvalue weighted by atomic mass is 15.3. The quantitative estimate of drug-likeness (QED) is 0.817. The Bertz CT molecular complexity index is 372. The Morgan fingerprint density at radius 3 is 2.89 bits per heavy atom. The zero-order chi connectivity index (χ0) is 13.7. The highest BCUT2D eigenvalue weighted by Crippen LogP contribution is 2.33. The maximum Gasteiger partial charge on any atom is 0.0627 e. The van der Waals surface area contributed by atoms with Gasteiger partial charge in [-0.2, -0.15) is 5.10 Å². The average Bonchev–Trinajstić information content (AvgIpc) is 3.05. The summed E-state index contributed by atoms with van der Waals surface area (Å²) in [5.74, 6) is 1.69. The zero-order valence-electron chi connectivity index (χ0n) is 12.7. The minimum atomic E-state index is 0.523. The molecule has 1 saturated carbocycles. The predicted octanol–water partition coefficient (Wildman–Crippen LogP) is 3.42. The molecule has 0 aliphatic heterocycles. The molecular weight excluding hydrogens is 234 g/mol. The second-order valence-electron chi connectivity index (χ2n) is 6.01. The van der Waals surface area contributed by atoms with E-state index in [0.29, 0.717) is 6.04 Å². The van der Waals surface area contributed by atoms with E-state index >= 15 is 0 Å². The van der Waals surface area contributed by atoms with E-state index in [2.05, 4.69) is 43.0 Å². The van der Waals surface area contributed by atoms with Crippen LogP contribution in [0, 0.1) is 11.8 Å². The molecule has 0 aromatic carbocycles. The maximum atomic E-state index is 4.76. The molecule has 3 unspecified atom stereocenters. The van der Waals surface area contributed by atoms with E-state index in [-0.39, 0.29) is 0 Å². The van der Waals surface area contributed by atoms with Crippen molar-refractivity contribution >= 4 is 0 Å². The van der Waals surface area contributed by atoms with Gasteiger partial charge >= 0.3 is 0 Å². The van der Waals surface area contributed by atoms with Crippen LogP contribution in [0.3, 0.4) is 0 Å². The van der Waals surface area contributed by atoms with Gasteiger partial charge in [0.05, 0.1) is 5.69 Å². The predicted molar refractivity (Wildman–Crippen MR) is 80.3 cm³/mol. The fourth-order valence-corrected chi connectivity index (χ4v) is 3.17. The van der Waals surface area contributed by atoms with Crippen molar-refractivity contribution in [2.24, 2.45) is 11.8 Å². The lowest BCUT2D eigenvalue weighted by molar-refractivity contribution is 0.363. The highest BCUT2D eigenvalue weighted by molar-refractivity contribution is 5.02. The molecule has 19 heavy (non-hydrogen) atoms. The normalized spacial score (nSPS) is 24.8. The third-order valence-corrected chi connectivity index (χ3v) is 4.65. The molecule has 3 heteroatoms. The van der Waals surface area contributed by atoms with E-state index in [1.165, 1.54) is 37.9 Å². The van der Waals surface area contributed by atoms with Crippen LogP contribution in [-0.4, -0.2) is 22.9 Å². The van der Waals surface area contributed by atoms with Gasteiger partial charge in [0.25, 0.3) is 0 Å². The van der Waals surface area contributed by atoms with E-state index in [0.717, 1.165) is 24.8 Å². The minimum absolute atomic E-state index is 0.523. The molecular formula is C16H29N3. The fraction of sp³-hybridized carbons (Fsp3) is 0.812. The molecule has 108 valence electrons. The monoisotopic (exact) mass is 263 g/mol. The van der Waals surface area contributed by atoms with E-state index in [4.69, 9.17) is 5.10 Å². The Balaban J connectivity index is 1.90. The van der Waals surface area contributed by atoms with Crippen LogP contribution in [0.4, 0.5) is 0 Å². The molecule has 1 heterocycles. The van der Waals surface area contributed by atoms with Gasteiger partial charge in [-0.15, -0.1) is 0 Å². The lowest BCUT2D eigenvalue weighted by Gasteiger charge is -2.19. The van der Waals surface area contributed by atoms with Gasteiger partial charge in [-0.1, -0.05) is 20.3 Å². The van der Waals surface area contributed by atoms with E-state index in [9.17, 15) is 0 Å². The van der Waals surface area contributed by atoms with Crippen LogP contribution < -0.4 is 5.32 Å². The van der Waals surface area contributed by atoms with Gasteiger partial charge in [0.2, 0.25) is 0 Å². The van der Waals surface area contributed by atoms with E-state index in [1.807, 2.05) is 0 Å². The van der Waals surface area contributed by atoms with Gasteiger partial charge < -0.3 is 5.32 Å². The van der Waals surface area contributed by atoms with Gasteiger partial charge in [-0.05, 0) is 63.6 Å². The summed E-state index contributed by atoms with van der Waals surface area (Å²) in [5.41, 5.74) is 1.29. The molecule has 3 nitrogen and oxygen atoms in total. The van der Waals surface area contributed by atoms with Crippen molar-refractivity contribution in [3.63, 3.8) is 0 Å². The summed E-state index contributed by atoms with van der Waals surface area (Å²) in [6.45, 7) is 8.92. The summed E-state index contributed by atoms with van der Waals surface area (Å²) < 4.78 is 2.13. The van der Waals surface area contributed by atoms with Crippen LogP contribution >= 0.6 is 0 Å². The Hall–Kier alpha value is -0.830. The minimum Gasteiger partial charge on any atom is -0.317 e. The molecule has 2 rings (SSSR count). The summed E-state index contributed by atoms with van der Waals surface area (Å²) >= 11 is 0. The van der Waals surface area contributed by atoms with Gasteiger partial charge in [-0.25, -0.2) is 0 Å². The van der Waals surface area contributed by atoms with Crippen molar-refractivity contribution in [3.05, 3.63) is 18.0 Å². The third kappa shape index (κ3) is 3.82. The highest BCUT2D eigenvalue weighted by Gasteiger charge is 2.27. The molecule has 0 radical (unpaired) electrons. The van der Waals surface area contributed by atoms with Crippen molar-refractivity contribution in [1.82, 2.24) is 15.1 Å². The first-order chi connectivity index (χ1) is 9.24. The number of nitrogens with zero attached hydrogens (tertiary/aromatic N) is 2. The van der Waals surface area contributed by atoms with Crippen LogP contribution in [0.5, 0.6) is 0 Å². The van der Waals surface area contributed by atoms with Gasteiger partial charge in [0, 0.05) is 12.2 Å². The second-order valence-corrected chi connectivity index (χ2v) is 6.01. The fourth-order valence-electron chi connectivity index (χ4n) is 3.17. The lowest BCUT2D eigenvalue weighted by atomic mass is 9.91. The smallest absolute Gasteiger partial charge is 0.0627 e. The van der Waals surface area contributed by atoms with Crippen LogP contribution in [-0.2, 0) is 6.42 Å². The topological polar surface area (TPSA) is 29.9 Å². The van der Waals surface area contributed by atoms with E-state index < -0.39 is 0 Å². The van der Waals surface area contributed by atoms with Crippen molar-refractivity contribution in [2.45, 2.75) is 58.9 Å². The molecule has 1 aromatic rings. The number of hydrogen-bond acceptors (Lipinski definition) is 2. The van der Waals surface area contributed by atoms with Crippen LogP contribution in [0.15, 0.2) is 12.3 Å².